The van der Waals surface area contributed by atoms with Gasteiger partial charge < -0.3 is 4.90 Å². The van der Waals surface area contributed by atoms with E-state index in [2.05, 4.69) is 0 Å². The first-order valence-corrected chi connectivity index (χ1v) is 9.64. The van der Waals surface area contributed by atoms with Crippen LogP contribution < -0.4 is 0 Å². The van der Waals surface area contributed by atoms with E-state index < -0.39 is 10.0 Å². The summed E-state index contributed by atoms with van der Waals surface area (Å²) in [6.45, 7) is 2.36. The van der Waals surface area contributed by atoms with Crippen molar-refractivity contribution >= 4 is 27.5 Å². The van der Waals surface area contributed by atoms with Gasteiger partial charge in [0, 0.05) is 37.8 Å². The van der Waals surface area contributed by atoms with Crippen LogP contribution in [0.5, 0.6) is 0 Å². The zero-order valence-corrected chi connectivity index (χ0v) is 16.0. The second-order valence-corrected chi connectivity index (χ2v) is 8.16. The second-order valence-electron chi connectivity index (χ2n) is 5.78. The van der Waals surface area contributed by atoms with Gasteiger partial charge in [0.25, 0.3) is 5.91 Å². The molecule has 25 heavy (non-hydrogen) atoms. The van der Waals surface area contributed by atoms with Crippen molar-refractivity contribution in [2.75, 3.05) is 20.6 Å². The average molecular weight is 381 g/mol. The minimum Gasteiger partial charge on any atom is -0.345 e. The normalized spacial score (nSPS) is 11.6. The molecule has 0 aromatic heterocycles. The van der Waals surface area contributed by atoms with Gasteiger partial charge in [-0.25, -0.2) is 8.42 Å². The first-order valence-electron chi connectivity index (χ1n) is 7.82. The van der Waals surface area contributed by atoms with Crippen LogP contribution in [0.15, 0.2) is 53.4 Å². The highest BCUT2D eigenvalue weighted by atomic mass is 35.5. The molecule has 0 N–H and O–H groups in total. The van der Waals surface area contributed by atoms with Crippen LogP contribution in [0.3, 0.4) is 0 Å². The molecule has 0 bridgehead atoms. The van der Waals surface area contributed by atoms with E-state index in [1.165, 1.54) is 21.3 Å². The third-order valence-corrected chi connectivity index (χ3v) is 5.96. The summed E-state index contributed by atoms with van der Waals surface area (Å²) in [5.74, 6) is -0.0901. The first-order chi connectivity index (χ1) is 11.8. The quantitative estimate of drug-likeness (QED) is 0.772. The molecule has 0 radical (unpaired) electrons. The molecule has 0 unspecified atom stereocenters. The maximum atomic E-state index is 12.8. The minimum absolute atomic E-state index is 0.0901. The van der Waals surface area contributed by atoms with Crippen LogP contribution in [-0.2, 0) is 16.6 Å². The number of carbonyl (C=O) groups excluding carboxylic acids is 1. The Morgan fingerprint density at radius 3 is 2.04 bits per heavy atom. The lowest BCUT2D eigenvalue weighted by Crippen LogP contribution is -2.30. The van der Waals surface area contributed by atoms with Crippen LogP contribution in [0.4, 0.5) is 0 Å². The molecular weight excluding hydrogens is 360 g/mol. The molecule has 7 heteroatoms. The molecule has 0 fully saturated rings. The lowest BCUT2D eigenvalue weighted by Gasteiger charge is -2.21. The average Bonchev–Trinajstić information content (AvgIpc) is 2.59. The first kappa shape index (κ1) is 19.4. The number of amides is 1. The summed E-state index contributed by atoms with van der Waals surface area (Å²) in [5, 5.41) is 0.489. The number of benzene rings is 2. The van der Waals surface area contributed by atoms with Crippen molar-refractivity contribution in [3.05, 3.63) is 64.7 Å². The minimum atomic E-state index is -3.61. The number of nitrogens with zero attached hydrogens (tertiary/aromatic N) is 2. The van der Waals surface area contributed by atoms with Gasteiger partial charge in [0.2, 0.25) is 10.0 Å². The molecule has 0 saturated heterocycles. The van der Waals surface area contributed by atoms with Crippen molar-refractivity contribution < 1.29 is 13.2 Å². The van der Waals surface area contributed by atoms with Gasteiger partial charge in [-0.05, 0) is 42.0 Å². The van der Waals surface area contributed by atoms with E-state index in [0.29, 0.717) is 17.1 Å². The summed E-state index contributed by atoms with van der Waals surface area (Å²) >= 11 is 5.83. The zero-order chi connectivity index (χ0) is 18.6. The molecular formula is C18H21ClN2O3S. The number of rotatable bonds is 6. The molecule has 134 valence electrons. The number of sulfonamides is 1. The van der Waals surface area contributed by atoms with Crippen molar-refractivity contribution in [1.29, 1.82) is 0 Å². The Hall–Kier alpha value is -1.89. The Kier molecular flexibility index (Phi) is 6.21. The van der Waals surface area contributed by atoms with Crippen LogP contribution in [0.25, 0.3) is 0 Å². The molecule has 2 rings (SSSR count). The van der Waals surface area contributed by atoms with Crippen LogP contribution in [-0.4, -0.2) is 44.2 Å². The molecule has 0 aliphatic heterocycles. The van der Waals surface area contributed by atoms with Gasteiger partial charge in [-0.3, -0.25) is 4.79 Å². The lowest BCUT2D eigenvalue weighted by molar-refractivity contribution is 0.0827. The largest absolute Gasteiger partial charge is 0.345 e. The molecule has 0 atom stereocenters. The van der Waals surface area contributed by atoms with E-state index in [4.69, 9.17) is 11.6 Å². The standard InChI is InChI=1S/C18H21ClN2O3S/c1-4-21(25(23,24)17-11-9-16(19)10-12-17)13-14-5-7-15(8-6-14)18(22)20(2)3/h5-12H,4,13H2,1-3H3. The van der Waals surface area contributed by atoms with Crippen molar-refractivity contribution in [3.8, 4) is 0 Å². The molecule has 0 heterocycles. The summed E-state index contributed by atoms with van der Waals surface area (Å²) in [6, 6.07) is 13.1. The Morgan fingerprint density at radius 1 is 1.00 bits per heavy atom. The van der Waals surface area contributed by atoms with Crippen LogP contribution in [0, 0.1) is 0 Å². The van der Waals surface area contributed by atoms with Crippen LogP contribution >= 0.6 is 11.6 Å². The van der Waals surface area contributed by atoms with E-state index in [1.54, 1.807) is 57.4 Å². The highest BCUT2D eigenvalue weighted by Crippen LogP contribution is 2.20. The van der Waals surface area contributed by atoms with E-state index in [-0.39, 0.29) is 17.3 Å². The number of carbonyl (C=O) groups is 1. The molecule has 0 aliphatic rings. The SMILES string of the molecule is CCN(Cc1ccc(C(=O)N(C)C)cc1)S(=O)(=O)c1ccc(Cl)cc1. The number of halogens is 1. The van der Waals surface area contributed by atoms with Gasteiger partial charge in [-0.15, -0.1) is 0 Å². The Balaban J connectivity index is 2.21. The Labute approximate surface area is 153 Å². The van der Waals surface area contributed by atoms with Gasteiger partial charge in [0.1, 0.15) is 0 Å². The van der Waals surface area contributed by atoms with Crippen molar-refractivity contribution in [3.63, 3.8) is 0 Å². The molecule has 2 aromatic rings. The molecule has 0 saturated carbocycles. The van der Waals surface area contributed by atoms with Gasteiger partial charge in [0.15, 0.2) is 0 Å². The Morgan fingerprint density at radius 2 is 1.56 bits per heavy atom. The monoisotopic (exact) mass is 380 g/mol. The summed E-state index contributed by atoms with van der Waals surface area (Å²) in [5.41, 5.74) is 1.38. The van der Waals surface area contributed by atoms with Gasteiger partial charge in [-0.2, -0.15) is 4.31 Å². The number of hydrogen-bond donors (Lipinski definition) is 0. The van der Waals surface area contributed by atoms with Crippen molar-refractivity contribution in [1.82, 2.24) is 9.21 Å². The van der Waals surface area contributed by atoms with Crippen LogP contribution in [0.1, 0.15) is 22.8 Å². The number of hydrogen-bond acceptors (Lipinski definition) is 3. The van der Waals surface area contributed by atoms with E-state index in [0.717, 1.165) is 5.56 Å². The van der Waals surface area contributed by atoms with Crippen molar-refractivity contribution in [2.45, 2.75) is 18.4 Å². The third-order valence-electron chi connectivity index (χ3n) is 3.77. The molecule has 0 spiro atoms. The summed E-state index contributed by atoms with van der Waals surface area (Å²) in [6.07, 6.45) is 0. The maximum absolute atomic E-state index is 12.8. The molecule has 5 nitrogen and oxygen atoms in total. The van der Waals surface area contributed by atoms with Gasteiger partial charge in [0.05, 0.1) is 4.90 Å². The van der Waals surface area contributed by atoms with Crippen molar-refractivity contribution in [2.24, 2.45) is 0 Å². The second kappa shape index (κ2) is 7.99. The zero-order valence-electron chi connectivity index (χ0n) is 14.4. The van der Waals surface area contributed by atoms with E-state index >= 15 is 0 Å². The predicted molar refractivity (Wildman–Crippen MR) is 99.2 cm³/mol. The highest BCUT2D eigenvalue weighted by Gasteiger charge is 2.23. The maximum Gasteiger partial charge on any atom is 0.253 e. The topological polar surface area (TPSA) is 57.7 Å². The lowest BCUT2D eigenvalue weighted by atomic mass is 10.1. The van der Waals surface area contributed by atoms with Gasteiger partial charge >= 0.3 is 0 Å². The van der Waals surface area contributed by atoms with E-state index in [9.17, 15) is 13.2 Å². The predicted octanol–water partition coefficient (Wildman–Crippen LogP) is 3.25. The van der Waals surface area contributed by atoms with Crippen LogP contribution in [0.2, 0.25) is 5.02 Å². The molecule has 0 aliphatic carbocycles. The third kappa shape index (κ3) is 4.60. The van der Waals surface area contributed by atoms with E-state index in [1.807, 2.05) is 0 Å². The fraction of sp³-hybridized carbons (Fsp3) is 0.278. The Bertz CT molecular complexity index is 832. The highest BCUT2D eigenvalue weighted by molar-refractivity contribution is 7.89. The fourth-order valence-electron chi connectivity index (χ4n) is 2.34. The summed E-state index contributed by atoms with van der Waals surface area (Å²) < 4.78 is 26.9. The summed E-state index contributed by atoms with van der Waals surface area (Å²) in [4.78, 5) is 13.6. The molecule has 1 amide bonds. The van der Waals surface area contributed by atoms with Gasteiger partial charge in [-0.1, -0.05) is 30.7 Å². The smallest absolute Gasteiger partial charge is 0.253 e. The molecule has 2 aromatic carbocycles. The summed E-state index contributed by atoms with van der Waals surface area (Å²) in [7, 11) is -0.230. The fourth-order valence-corrected chi connectivity index (χ4v) is 3.90.